The maximum Gasteiger partial charge on any atom is 0.0461 e. The Bertz CT molecular complexity index is 304. The third-order valence-electron chi connectivity index (χ3n) is 5.98. The molecule has 3 aliphatic rings. The van der Waals surface area contributed by atoms with E-state index in [1.54, 1.807) is 0 Å². The van der Waals surface area contributed by atoms with Gasteiger partial charge in [0.2, 0.25) is 0 Å². The van der Waals surface area contributed by atoms with Crippen molar-refractivity contribution < 1.29 is 0 Å². The van der Waals surface area contributed by atoms with Crippen LogP contribution in [0.2, 0.25) is 0 Å². The maximum atomic E-state index is 6.28. The van der Waals surface area contributed by atoms with Crippen molar-refractivity contribution >= 4 is 0 Å². The van der Waals surface area contributed by atoms with Gasteiger partial charge in [-0.25, -0.2) is 0 Å². The van der Waals surface area contributed by atoms with Crippen LogP contribution in [-0.4, -0.2) is 54.6 Å². The summed E-state index contributed by atoms with van der Waals surface area (Å²) in [6.07, 6.45) is 11.3. The minimum atomic E-state index is 0.285. The summed E-state index contributed by atoms with van der Waals surface area (Å²) in [5.41, 5.74) is 6.57. The van der Waals surface area contributed by atoms with Crippen molar-refractivity contribution in [1.82, 2.24) is 9.80 Å². The highest BCUT2D eigenvalue weighted by atomic mass is 15.3. The summed E-state index contributed by atoms with van der Waals surface area (Å²) >= 11 is 0. The molecule has 0 aromatic rings. The number of fused-ring (bicyclic) bond motifs is 1. The highest BCUT2D eigenvalue weighted by molar-refractivity contribution is 5.02. The van der Waals surface area contributed by atoms with Crippen LogP contribution in [0.4, 0.5) is 0 Å². The first kappa shape index (κ1) is 13.8. The van der Waals surface area contributed by atoms with Crippen molar-refractivity contribution in [2.45, 2.75) is 62.9 Å². The minimum absolute atomic E-state index is 0.285. The Morgan fingerprint density at radius 2 is 1.84 bits per heavy atom. The zero-order chi connectivity index (χ0) is 13.3. The summed E-state index contributed by atoms with van der Waals surface area (Å²) in [6.45, 7) is 4.59. The van der Waals surface area contributed by atoms with Gasteiger partial charge in [0.15, 0.2) is 0 Å². The molecule has 3 unspecified atom stereocenters. The van der Waals surface area contributed by atoms with Crippen LogP contribution in [0.3, 0.4) is 0 Å². The second kappa shape index (κ2) is 5.71. The predicted molar refractivity (Wildman–Crippen MR) is 80.2 cm³/mol. The lowest BCUT2D eigenvalue weighted by molar-refractivity contribution is -0.0553. The molecule has 2 saturated heterocycles. The molecule has 2 N–H and O–H groups in total. The van der Waals surface area contributed by atoms with Gasteiger partial charge in [0.25, 0.3) is 0 Å². The molecule has 0 bridgehead atoms. The largest absolute Gasteiger partial charge is 0.329 e. The monoisotopic (exact) mass is 265 g/mol. The number of nitrogens with two attached hydrogens (primary N) is 1. The average molecular weight is 265 g/mol. The van der Waals surface area contributed by atoms with Gasteiger partial charge < -0.3 is 10.6 Å². The third-order valence-corrected chi connectivity index (χ3v) is 5.98. The van der Waals surface area contributed by atoms with Crippen LogP contribution in [0.25, 0.3) is 0 Å². The Morgan fingerprint density at radius 3 is 2.63 bits per heavy atom. The molecular weight excluding hydrogens is 234 g/mol. The molecule has 3 atom stereocenters. The molecule has 1 aliphatic carbocycles. The number of piperidine rings is 2. The van der Waals surface area contributed by atoms with Gasteiger partial charge in [-0.05, 0) is 64.6 Å². The van der Waals surface area contributed by atoms with Crippen LogP contribution in [0.5, 0.6) is 0 Å². The Morgan fingerprint density at radius 1 is 1.05 bits per heavy atom. The summed E-state index contributed by atoms with van der Waals surface area (Å²) in [4.78, 5) is 5.37. The summed E-state index contributed by atoms with van der Waals surface area (Å²) in [7, 11) is 2.27. The second-order valence-corrected chi connectivity index (χ2v) is 7.22. The van der Waals surface area contributed by atoms with Crippen LogP contribution >= 0.6 is 0 Å². The quantitative estimate of drug-likeness (QED) is 0.829. The van der Waals surface area contributed by atoms with Gasteiger partial charge >= 0.3 is 0 Å². The summed E-state index contributed by atoms with van der Waals surface area (Å²) in [5, 5.41) is 0. The molecule has 0 amide bonds. The van der Waals surface area contributed by atoms with Gasteiger partial charge in [-0.2, -0.15) is 0 Å². The molecule has 3 heteroatoms. The molecule has 0 aromatic carbocycles. The smallest absolute Gasteiger partial charge is 0.0461 e. The van der Waals surface area contributed by atoms with E-state index in [-0.39, 0.29) is 5.54 Å². The summed E-state index contributed by atoms with van der Waals surface area (Å²) in [5.74, 6) is 0.971. The van der Waals surface area contributed by atoms with E-state index >= 15 is 0 Å². The van der Waals surface area contributed by atoms with Crippen molar-refractivity contribution in [2.75, 3.05) is 33.2 Å². The molecular formula is C16H31N3. The zero-order valence-electron chi connectivity index (χ0n) is 12.6. The molecule has 110 valence electrons. The van der Waals surface area contributed by atoms with Gasteiger partial charge in [0, 0.05) is 24.7 Å². The Hall–Kier alpha value is -0.120. The normalized spacial score (nSPS) is 42.0. The first-order valence-electron chi connectivity index (χ1n) is 8.40. The van der Waals surface area contributed by atoms with Crippen LogP contribution in [0.1, 0.15) is 51.4 Å². The first-order chi connectivity index (χ1) is 9.25. The fourth-order valence-corrected chi connectivity index (χ4v) is 5.07. The van der Waals surface area contributed by atoms with Crippen molar-refractivity contribution in [3.8, 4) is 0 Å². The third kappa shape index (κ3) is 2.57. The van der Waals surface area contributed by atoms with E-state index < -0.39 is 0 Å². The van der Waals surface area contributed by atoms with Crippen molar-refractivity contribution in [2.24, 2.45) is 11.7 Å². The number of rotatable bonds is 2. The van der Waals surface area contributed by atoms with E-state index in [0.717, 1.165) is 18.5 Å². The Kier molecular flexibility index (Phi) is 4.16. The number of nitrogens with zero attached hydrogens (tertiary/aromatic N) is 2. The van der Waals surface area contributed by atoms with Crippen LogP contribution in [0.15, 0.2) is 0 Å². The number of likely N-dealkylation sites (N-methyl/N-ethyl adjacent to an activating group) is 1. The highest BCUT2D eigenvalue weighted by Gasteiger charge is 2.45. The lowest BCUT2D eigenvalue weighted by atomic mass is 9.74. The van der Waals surface area contributed by atoms with Crippen LogP contribution in [-0.2, 0) is 0 Å². The van der Waals surface area contributed by atoms with Gasteiger partial charge in [0.1, 0.15) is 0 Å². The zero-order valence-corrected chi connectivity index (χ0v) is 12.6. The van der Waals surface area contributed by atoms with Gasteiger partial charge in [-0.15, -0.1) is 0 Å². The standard InChI is InChI=1S/C16H31N3/c1-18-10-5-9-16(12-17,13-18)19-11-4-7-14-6-2-3-8-15(14)19/h14-15H,2-13,17H2,1H3. The Balaban J connectivity index is 1.80. The van der Waals surface area contributed by atoms with E-state index in [1.165, 1.54) is 71.0 Å². The fourth-order valence-electron chi connectivity index (χ4n) is 5.07. The molecule has 19 heavy (non-hydrogen) atoms. The van der Waals surface area contributed by atoms with Gasteiger partial charge in [-0.3, -0.25) is 4.90 Å². The van der Waals surface area contributed by atoms with Gasteiger partial charge in [-0.1, -0.05) is 12.8 Å². The van der Waals surface area contributed by atoms with Crippen molar-refractivity contribution in [3.63, 3.8) is 0 Å². The SMILES string of the molecule is CN1CCCC(CN)(N2CCCC3CCCCC32)C1. The van der Waals surface area contributed by atoms with E-state index in [0.29, 0.717) is 0 Å². The molecule has 0 aromatic heterocycles. The molecule has 3 rings (SSSR count). The number of hydrogen-bond acceptors (Lipinski definition) is 3. The van der Waals surface area contributed by atoms with E-state index in [4.69, 9.17) is 5.73 Å². The highest BCUT2D eigenvalue weighted by Crippen LogP contribution is 2.40. The molecule has 3 fully saturated rings. The first-order valence-corrected chi connectivity index (χ1v) is 8.40. The maximum absolute atomic E-state index is 6.28. The molecule has 0 radical (unpaired) electrons. The second-order valence-electron chi connectivity index (χ2n) is 7.22. The van der Waals surface area contributed by atoms with E-state index in [2.05, 4.69) is 16.8 Å². The van der Waals surface area contributed by atoms with Crippen molar-refractivity contribution in [1.29, 1.82) is 0 Å². The topological polar surface area (TPSA) is 32.5 Å². The molecule has 1 saturated carbocycles. The minimum Gasteiger partial charge on any atom is -0.329 e. The van der Waals surface area contributed by atoms with Crippen molar-refractivity contribution in [3.05, 3.63) is 0 Å². The summed E-state index contributed by atoms with van der Waals surface area (Å²) < 4.78 is 0. The molecule has 2 heterocycles. The lowest BCUT2D eigenvalue weighted by Gasteiger charge is -2.56. The molecule has 0 spiro atoms. The molecule has 3 nitrogen and oxygen atoms in total. The average Bonchev–Trinajstić information content (AvgIpc) is 2.46. The van der Waals surface area contributed by atoms with Crippen LogP contribution < -0.4 is 5.73 Å². The van der Waals surface area contributed by atoms with Gasteiger partial charge in [0.05, 0.1) is 0 Å². The number of hydrogen-bond donors (Lipinski definition) is 1. The predicted octanol–water partition coefficient (Wildman–Crippen LogP) is 2.06. The van der Waals surface area contributed by atoms with E-state index in [1.807, 2.05) is 0 Å². The Labute approximate surface area is 118 Å². The fraction of sp³-hybridized carbons (Fsp3) is 1.00. The lowest BCUT2D eigenvalue weighted by Crippen LogP contribution is -2.67. The van der Waals surface area contributed by atoms with E-state index in [9.17, 15) is 0 Å². The summed E-state index contributed by atoms with van der Waals surface area (Å²) in [6, 6.07) is 0.845. The van der Waals surface area contributed by atoms with Crippen LogP contribution in [0, 0.1) is 5.92 Å². The number of likely N-dealkylation sites (tertiary alicyclic amines) is 2. The molecule has 2 aliphatic heterocycles.